The lowest BCUT2D eigenvalue weighted by Crippen LogP contribution is -2.23. The standard InChI is InChI=1S/C24H24F3N5O6S3/c1-40(35,36)29-13-18-21(41(37,38)19-8-4-5-11-28-19)39-23(31-18)32-22(34)30-17-10-9-15(24(25,26)27)12-16(17)20(33)14-6-2-3-7-14/h4-5,8-12,14,29H,2-3,6-7,13H2,1H3,(H2,30,31,32,34). The first-order chi connectivity index (χ1) is 19.1. The molecule has 0 bridgehead atoms. The van der Waals surface area contributed by atoms with Crippen molar-refractivity contribution in [1.82, 2.24) is 14.7 Å². The van der Waals surface area contributed by atoms with E-state index in [2.05, 4.69) is 25.3 Å². The van der Waals surface area contributed by atoms with Gasteiger partial charge in [0.1, 0.15) is 0 Å². The number of hydrogen-bond donors (Lipinski definition) is 3. The van der Waals surface area contributed by atoms with Gasteiger partial charge in [-0.15, -0.1) is 0 Å². The van der Waals surface area contributed by atoms with Gasteiger partial charge in [-0.1, -0.05) is 30.2 Å². The number of anilines is 2. The molecule has 2 aromatic heterocycles. The van der Waals surface area contributed by atoms with Gasteiger partial charge in [0, 0.05) is 17.7 Å². The highest BCUT2D eigenvalue weighted by Crippen LogP contribution is 2.36. The fraction of sp³-hybridized carbons (Fsp3) is 0.333. The third-order valence-electron chi connectivity index (χ3n) is 6.13. The number of amides is 2. The number of pyridine rings is 1. The molecule has 1 aromatic carbocycles. The second kappa shape index (κ2) is 11.8. The molecule has 0 unspecified atom stereocenters. The van der Waals surface area contributed by atoms with Crippen LogP contribution in [0.4, 0.5) is 28.8 Å². The molecule has 0 aliphatic heterocycles. The zero-order valence-corrected chi connectivity index (χ0v) is 23.8. The van der Waals surface area contributed by atoms with Crippen molar-refractivity contribution in [3.63, 3.8) is 0 Å². The molecule has 0 spiro atoms. The monoisotopic (exact) mass is 631 g/mol. The van der Waals surface area contributed by atoms with Gasteiger partial charge in [0.15, 0.2) is 20.1 Å². The molecule has 3 aromatic rings. The van der Waals surface area contributed by atoms with Crippen LogP contribution in [0, 0.1) is 5.92 Å². The Labute approximate surface area is 237 Å². The number of hydrogen-bond acceptors (Lipinski definition) is 9. The molecule has 11 nitrogen and oxygen atoms in total. The molecule has 1 saturated carbocycles. The van der Waals surface area contributed by atoms with E-state index in [4.69, 9.17) is 0 Å². The minimum atomic E-state index is -4.71. The lowest BCUT2D eigenvalue weighted by molar-refractivity contribution is -0.137. The normalized spacial score (nSPS) is 14.6. The van der Waals surface area contributed by atoms with E-state index in [-0.39, 0.29) is 31.3 Å². The summed E-state index contributed by atoms with van der Waals surface area (Å²) in [7, 11) is -8.02. The average molecular weight is 632 g/mol. The first kappa shape index (κ1) is 30.5. The van der Waals surface area contributed by atoms with Crippen molar-refractivity contribution in [2.75, 3.05) is 16.9 Å². The number of thiazole rings is 1. The van der Waals surface area contributed by atoms with Gasteiger partial charge in [0.2, 0.25) is 19.9 Å². The van der Waals surface area contributed by atoms with Gasteiger partial charge in [-0.3, -0.25) is 10.1 Å². The molecule has 0 atom stereocenters. The number of aromatic nitrogens is 2. The number of benzene rings is 1. The van der Waals surface area contributed by atoms with E-state index >= 15 is 0 Å². The summed E-state index contributed by atoms with van der Waals surface area (Å²) >= 11 is 0.526. The highest BCUT2D eigenvalue weighted by molar-refractivity contribution is 7.93. The predicted octanol–water partition coefficient (Wildman–Crippen LogP) is 4.46. The number of Topliss-reactive ketones (excluding diaryl/α,β-unsaturated/α-hetero) is 1. The minimum absolute atomic E-state index is 0.163. The molecular weight excluding hydrogens is 607 g/mol. The molecular formula is C24H24F3N5O6S3. The first-order valence-electron chi connectivity index (χ1n) is 12.1. The third-order valence-corrected chi connectivity index (χ3v) is 10.0. The molecule has 41 heavy (non-hydrogen) atoms. The van der Waals surface area contributed by atoms with Gasteiger partial charge >= 0.3 is 12.2 Å². The fourth-order valence-electron chi connectivity index (χ4n) is 4.21. The average Bonchev–Trinajstić information content (AvgIpc) is 3.57. The number of urea groups is 1. The molecule has 17 heteroatoms. The van der Waals surface area contributed by atoms with E-state index in [9.17, 15) is 39.6 Å². The number of rotatable bonds is 9. The van der Waals surface area contributed by atoms with Gasteiger partial charge in [-0.2, -0.15) is 13.2 Å². The molecule has 1 fully saturated rings. The largest absolute Gasteiger partial charge is 0.416 e. The molecule has 2 amide bonds. The Kier molecular flexibility index (Phi) is 8.81. The maximum atomic E-state index is 13.4. The summed E-state index contributed by atoms with van der Waals surface area (Å²) < 4.78 is 91.5. The van der Waals surface area contributed by atoms with Crippen molar-refractivity contribution in [1.29, 1.82) is 0 Å². The van der Waals surface area contributed by atoms with Crippen LogP contribution < -0.4 is 15.4 Å². The van der Waals surface area contributed by atoms with E-state index < -0.39 is 55.9 Å². The van der Waals surface area contributed by atoms with E-state index in [1.54, 1.807) is 0 Å². The molecule has 4 rings (SSSR count). The third kappa shape index (κ3) is 7.46. The topological polar surface area (TPSA) is 164 Å². The molecule has 2 heterocycles. The van der Waals surface area contributed by atoms with Gasteiger partial charge in [0.05, 0.1) is 29.7 Å². The van der Waals surface area contributed by atoms with Crippen LogP contribution in [0.1, 0.15) is 47.3 Å². The maximum Gasteiger partial charge on any atom is 0.416 e. The first-order valence-corrected chi connectivity index (χ1v) is 16.3. The molecule has 0 radical (unpaired) electrons. The number of carbonyl (C=O) groups excluding carboxylic acids is 2. The Morgan fingerprint density at radius 2 is 1.76 bits per heavy atom. The van der Waals surface area contributed by atoms with Gasteiger partial charge in [0.25, 0.3) is 0 Å². The summed E-state index contributed by atoms with van der Waals surface area (Å²) in [4.78, 5) is 33.8. The number of alkyl halides is 3. The van der Waals surface area contributed by atoms with Crippen LogP contribution in [-0.4, -0.2) is 44.9 Å². The van der Waals surface area contributed by atoms with Crippen molar-refractivity contribution in [3.8, 4) is 0 Å². The fourth-order valence-corrected chi connectivity index (χ4v) is 7.32. The van der Waals surface area contributed by atoms with Crippen LogP contribution in [0.2, 0.25) is 0 Å². The van der Waals surface area contributed by atoms with Crippen LogP contribution in [-0.2, 0) is 32.6 Å². The Balaban J connectivity index is 1.63. The molecule has 220 valence electrons. The van der Waals surface area contributed by atoms with E-state index in [0.717, 1.165) is 31.2 Å². The quantitative estimate of drug-likeness (QED) is 0.292. The van der Waals surface area contributed by atoms with Gasteiger partial charge in [-0.05, 0) is 43.2 Å². The van der Waals surface area contributed by atoms with Gasteiger partial charge in [-0.25, -0.2) is 36.3 Å². The Morgan fingerprint density at radius 1 is 1.05 bits per heavy atom. The maximum absolute atomic E-state index is 13.4. The van der Waals surface area contributed by atoms with Crippen molar-refractivity contribution >= 4 is 53.8 Å². The van der Waals surface area contributed by atoms with Crippen LogP contribution >= 0.6 is 11.3 Å². The zero-order chi connectivity index (χ0) is 30.0. The van der Waals surface area contributed by atoms with Crippen LogP contribution in [0.3, 0.4) is 0 Å². The second-order valence-electron chi connectivity index (χ2n) is 9.20. The van der Waals surface area contributed by atoms with Crippen LogP contribution in [0.15, 0.2) is 51.8 Å². The second-order valence-corrected chi connectivity index (χ2v) is 14.1. The Bertz CT molecular complexity index is 1670. The minimum Gasteiger partial charge on any atom is -0.307 e. The van der Waals surface area contributed by atoms with Crippen molar-refractivity contribution in [2.45, 2.75) is 47.6 Å². The lowest BCUT2D eigenvalue weighted by atomic mass is 9.93. The number of halogens is 3. The molecule has 0 saturated heterocycles. The van der Waals surface area contributed by atoms with Crippen molar-refractivity contribution in [3.05, 3.63) is 59.4 Å². The molecule has 3 N–H and O–H groups in total. The summed E-state index contributed by atoms with van der Waals surface area (Å²) in [5, 5.41) is 4.08. The van der Waals surface area contributed by atoms with E-state index in [1.165, 1.54) is 24.4 Å². The summed E-state index contributed by atoms with van der Waals surface area (Å²) in [5.41, 5.74) is -1.72. The predicted molar refractivity (Wildman–Crippen MR) is 144 cm³/mol. The summed E-state index contributed by atoms with van der Waals surface area (Å²) in [5.74, 6) is -0.985. The van der Waals surface area contributed by atoms with E-state index in [0.29, 0.717) is 30.2 Å². The Morgan fingerprint density at radius 3 is 2.37 bits per heavy atom. The van der Waals surface area contributed by atoms with Crippen LogP contribution in [0.25, 0.3) is 0 Å². The molecule has 1 aliphatic carbocycles. The van der Waals surface area contributed by atoms with Crippen LogP contribution in [0.5, 0.6) is 0 Å². The number of sulfonamides is 1. The number of nitrogens with zero attached hydrogens (tertiary/aromatic N) is 2. The SMILES string of the molecule is CS(=O)(=O)NCc1nc(NC(=O)Nc2ccc(C(F)(F)F)cc2C(=O)C2CCCC2)sc1S(=O)(=O)c1ccccn1. The van der Waals surface area contributed by atoms with Gasteiger partial charge < -0.3 is 5.32 Å². The van der Waals surface area contributed by atoms with Crippen molar-refractivity contribution in [2.24, 2.45) is 5.92 Å². The smallest absolute Gasteiger partial charge is 0.307 e. The summed E-state index contributed by atoms with van der Waals surface area (Å²) in [6, 6.07) is 5.58. The number of carbonyl (C=O) groups is 2. The highest BCUT2D eigenvalue weighted by Gasteiger charge is 2.34. The summed E-state index contributed by atoms with van der Waals surface area (Å²) in [6.07, 6.45) is -0.00365. The molecule has 1 aliphatic rings. The zero-order valence-electron chi connectivity index (χ0n) is 21.4. The van der Waals surface area contributed by atoms with Crippen molar-refractivity contribution < 1.29 is 39.6 Å². The summed E-state index contributed by atoms with van der Waals surface area (Å²) in [6.45, 7) is -0.515. The lowest BCUT2D eigenvalue weighted by Gasteiger charge is -2.16. The highest BCUT2D eigenvalue weighted by atomic mass is 32.2. The van der Waals surface area contributed by atoms with E-state index in [1.807, 2.05) is 0 Å². The number of sulfone groups is 1. The number of ketones is 1. The number of nitrogens with one attached hydrogen (secondary N) is 3. The Hall–Kier alpha value is -3.41.